The molecule has 0 radical (unpaired) electrons. The van der Waals surface area contributed by atoms with Gasteiger partial charge in [0.25, 0.3) is 5.91 Å². The van der Waals surface area contributed by atoms with Gasteiger partial charge in [0, 0.05) is 42.8 Å². The maximum atomic E-state index is 12.5. The van der Waals surface area contributed by atoms with Gasteiger partial charge in [0.15, 0.2) is 5.69 Å². The SMILES string of the molecule is O=C(c1csnn1)N1CCC2(CC1)OCCN(CCO)c1ccccc12. The van der Waals surface area contributed by atoms with Crippen LogP contribution in [-0.2, 0) is 10.3 Å². The van der Waals surface area contributed by atoms with Crippen LogP contribution in [0.2, 0.25) is 0 Å². The third kappa shape index (κ3) is 3.08. The molecule has 0 unspecified atom stereocenters. The van der Waals surface area contributed by atoms with Crippen molar-refractivity contribution in [2.24, 2.45) is 0 Å². The van der Waals surface area contributed by atoms with Crippen LogP contribution in [0, 0.1) is 0 Å². The van der Waals surface area contributed by atoms with Crippen molar-refractivity contribution in [2.45, 2.75) is 18.4 Å². The number of rotatable bonds is 3. The van der Waals surface area contributed by atoms with E-state index in [0.717, 1.165) is 30.6 Å². The van der Waals surface area contributed by atoms with E-state index in [0.29, 0.717) is 31.9 Å². The van der Waals surface area contributed by atoms with Crippen LogP contribution in [0.25, 0.3) is 0 Å². The van der Waals surface area contributed by atoms with Crippen molar-refractivity contribution in [2.75, 3.05) is 44.3 Å². The van der Waals surface area contributed by atoms with E-state index in [4.69, 9.17) is 4.74 Å². The summed E-state index contributed by atoms with van der Waals surface area (Å²) in [5.41, 5.74) is 2.33. The summed E-state index contributed by atoms with van der Waals surface area (Å²) < 4.78 is 10.1. The van der Waals surface area contributed by atoms with Gasteiger partial charge >= 0.3 is 0 Å². The molecule has 1 amide bonds. The third-order valence-electron chi connectivity index (χ3n) is 5.28. The Balaban J connectivity index is 1.57. The highest BCUT2D eigenvalue weighted by atomic mass is 32.1. The number of aliphatic hydroxyl groups excluding tert-OH is 1. The van der Waals surface area contributed by atoms with Crippen LogP contribution >= 0.6 is 11.5 Å². The van der Waals surface area contributed by atoms with Crippen LogP contribution in [0.3, 0.4) is 0 Å². The first kappa shape index (κ1) is 17.4. The van der Waals surface area contributed by atoms with Crippen LogP contribution in [0.15, 0.2) is 29.6 Å². The lowest BCUT2D eigenvalue weighted by molar-refractivity contribution is -0.0792. The summed E-state index contributed by atoms with van der Waals surface area (Å²) in [5, 5.41) is 15.0. The second-order valence-corrected chi connectivity index (χ2v) is 7.26. The van der Waals surface area contributed by atoms with Gasteiger partial charge in [-0.05, 0) is 30.4 Å². The molecule has 138 valence electrons. The first-order valence-electron chi connectivity index (χ1n) is 8.89. The number of carbonyl (C=O) groups excluding carboxylic acids is 1. The number of aliphatic hydroxyl groups is 1. The van der Waals surface area contributed by atoms with Gasteiger partial charge in [0.2, 0.25) is 0 Å². The fourth-order valence-corrected chi connectivity index (χ4v) is 4.37. The van der Waals surface area contributed by atoms with Gasteiger partial charge in [0.05, 0.1) is 18.8 Å². The van der Waals surface area contributed by atoms with E-state index in [1.165, 1.54) is 11.5 Å². The molecule has 0 aliphatic carbocycles. The van der Waals surface area contributed by atoms with E-state index >= 15 is 0 Å². The van der Waals surface area contributed by atoms with Gasteiger partial charge in [-0.2, -0.15) is 0 Å². The predicted molar refractivity (Wildman–Crippen MR) is 98.4 cm³/mol. The van der Waals surface area contributed by atoms with E-state index in [9.17, 15) is 9.90 Å². The number of hydrogen-bond acceptors (Lipinski definition) is 7. The van der Waals surface area contributed by atoms with Gasteiger partial charge in [-0.15, -0.1) is 5.10 Å². The summed E-state index contributed by atoms with van der Waals surface area (Å²) in [6.07, 6.45) is 1.50. The Morgan fingerprint density at radius 3 is 2.81 bits per heavy atom. The molecule has 2 aliphatic rings. The normalized spacial score (nSPS) is 19.3. The van der Waals surface area contributed by atoms with Crippen molar-refractivity contribution in [3.05, 3.63) is 40.9 Å². The summed E-state index contributed by atoms with van der Waals surface area (Å²) in [6, 6.07) is 8.27. The number of ether oxygens (including phenoxy) is 1. The Kier molecular flexibility index (Phi) is 4.88. The largest absolute Gasteiger partial charge is 0.395 e. The van der Waals surface area contributed by atoms with E-state index in [1.54, 1.807) is 5.38 Å². The van der Waals surface area contributed by atoms with E-state index in [2.05, 4.69) is 26.6 Å². The standard InChI is InChI=1S/C18H22N4O3S/c23-11-9-21-10-12-25-18(14-3-1-2-4-16(14)21)5-7-22(8-6-18)17(24)15-13-26-20-19-15/h1-4,13,23H,5-12H2. The molecule has 1 spiro atoms. The molecular formula is C18H22N4O3S. The van der Waals surface area contributed by atoms with Crippen LogP contribution in [0.4, 0.5) is 5.69 Å². The summed E-state index contributed by atoms with van der Waals surface area (Å²) in [5.74, 6) is -0.0579. The van der Waals surface area contributed by atoms with E-state index in [-0.39, 0.29) is 18.1 Å². The minimum absolute atomic E-state index is 0.0579. The molecule has 26 heavy (non-hydrogen) atoms. The summed E-state index contributed by atoms with van der Waals surface area (Å²) in [6.45, 7) is 3.34. The summed E-state index contributed by atoms with van der Waals surface area (Å²) in [4.78, 5) is 16.6. The van der Waals surface area contributed by atoms with Gasteiger partial charge in [-0.25, -0.2) is 0 Å². The predicted octanol–water partition coefficient (Wildman–Crippen LogP) is 1.50. The maximum absolute atomic E-state index is 12.5. The van der Waals surface area contributed by atoms with Gasteiger partial charge in [0.1, 0.15) is 0 Å². The van der Waals surface area contributed by atoms with Crippen LogP contribution in [0.5, 0.6) is 0 Å². The molecule has 2 aliphatic heterocycles. The molecule has 1 aromatic heterocycles. The van der Waals surface area contributed by atoms with Crippen molar-refractivity contribution >= 4 is 23.1 Å². The molecule has 1 fully saturated rings. The number of hydrogen-bond donors (Lipinski definition) is 1. The Morgan fingerprint density at radius 1 is 1.27 bits per heavy atom. The minimum atomic E-state index is -0.377. The lowest BCUT2D eigenvalue weighted by atomic mass is 9.83. The zero-order valence-corrected chi connectivity index (χ0v) is 15.3. The van der Waals surface area contributed by atoms with E-state index in [1.807, 2.05) is 17.0 Å². The molecule has 8 heteroatoms. The highest BCUT2D eigenvalue weighted by molar-refractivity contribution is 7.03. The lowest BCUT2D eigenvalue weighted by Crippen LogP contribution is -2.46. The molecule has 0 atom stereocenters. The van der Waals surface area contributed by atoms with Crippen molar-refractivity contribution in [1.82, 2.24) is 14.5 Å². The third-order valence-corrected chi connectivity index (χ3v) is 5.79. The molecule has 0 bridgehead atoms. The highest BCUT2D eigenvalue weighted by Gasteiger charge is 2.42. The number of likely N-dealkylation sites (tertiary alicyclic amines) is 1. The second kappa shape index (κ2) is 7.30. The van der Waals surface area contributed by atoms with Crippen LogP contribution < -0.4 is 4.90 Å². The first-order chi connectivity index (χ1) is 12.7. The van der Waals surface area contributed by atoms with E-state index < -0.39 is 0 Å². The summed E-state index contributed by atoms with van der Waals surface area (Å²) in [7, 11) is 0. The Morgan fingerprint density at radius 2 is 2.08 bits per heavy atom. The monoisotopic (exact) mass is 374 g/mol. The number of piperidine rings is 1. The average molecular weight is 374 g/mol. The van der Waals surface area contributed by atoms with Crippen LogP contribution in [-0.4, -0.2) is 64.9 Å². The van der Waals surface area contributed by atoms with Crippen molar-refractivity contribution in [3.8, 4) is 0 Å². The molecule has 4 rings (SSSR count). The number of anilines is 1. The smallest absolute Gasteiger partial charge is 0.275 e. The number of para-hydroxylation sites is 1. The number of nitrogens with zero attached hydrogens (tertiary/aromatic N) is 4. The fraction of sp³-hybridized carbons (Fsp3) is 0.500. The number of benzene rings is 1. The lowest BCUT2D eigenvalue weighted by Gasteiger charge is -2.41. The second-order valence-electron chi connectivity index (χ2n) is 6.65. The Labute approximate surface area is 156 Å². The molecule has 3 heterocycles. The quantitative estimate of drug-likeness (QED) is 0.877. The molecule has 7 nitrogen and oxygen atoms in total. The molecule has 0 saturated carbocycles. The molecule has 1 saturated heterocycles. The fourth-order valence-electron chi connectivity index (χ4n) is 3.94. The Bertz CT molecular complexity index is 760. The number of fused-ring (bicyclic) bond motifs is 2. The molecule has 1 aromatic carbocycles. The van der Waals surface area contributed by atoms with Gasteiger partial charge in [-0.3, -0.25) is 4.79 Å². The maximum Gasteiger partial charge on any atom is 0.275 e. The minimum Gasteiger partial charge on any atom is -0.395 e. The Hall–Kier alpha value is -2.03. The zero-order valence-electron chi connectivity index (χ0n) is 14.5. The van der Waals surface area contributed by atoms with Gasteiger partial charge in [-0.1, -0.05) is 22.7 Å². The average Bonchev–Trinajstić information content (AvgIpc) is 3.18. The number of carbonyl (C=O) groups is 1. The van der Waals surface area contributed by atoms with Crippen LogP contribution in [0.1, 0.15) is 28.9 Å². The molecule has 1 N–H and O–H groups in total. The van der Waals surface area contributed by atoms with Crippen molar-refractivity contribution < 1.29 is 14.6 Å². The topological polar surface area (TPSA) is 78.8 Å². The molecule has 2 aromatic rings. The summed E-state index contributed by atoms with van der Waals surface area (Å²) >= 11 is 1.19. The van der Waals surface area contributed by atoms with Gasteiger partial charge < -0.3 is 19.6 Å². The van der Waals surface area contributed by atoms with Crippen molar-refractivity contribution in [1.29, 1.82) is 0 Å². The first-order valence-corrected chi connectivity index (χ1v) is 9.73. The van der Waals surface area contributed by atoms with Crippen molar-refractivity contribution in [3.63, 3.8) is 0 Å². The number of β-amino-alcohol motifs (C(OH)–C–C–N with tert-alkyl or cyclic N) is 1. The molecular weight excluding hydrogens is 352 g/mol. The number of aromatic nitrogens is 2. The zero-order chi connectivity index (χ0) is 18.0. The highest BCUT2D eigenvalue weighted by Crippen LogP contribution is 2.43. The number of amides is 1.